The number of rotatable bonds is 4. The monoisotopic (exact) mass is 433 g/mol. The number of ether oxygens (including phenoxy) is 1. The molecule has 0 spiro atoms. The van der Waals surface area contributed by atoms with E-state index in [1.54, 1.807) is 18.2 Å². The van der Waals surface area contributed by atoms with E-state index in [-0.39, 0.29) is 27.8 Å². The zero-order chi connectivity index (χ0) is 21.0. The van der Waals surface area contributed by atoms with Gasteiger partial charge < -0.3 is 15.8 Å². The summed E-state index contributed by atoms with van der Waals surface area (Å²) in [5.41, 5.74) is 4.66. The average molecular weight is 434 g/mol. The van der Waals surface area contributed by atoms with E-state index < -0.39 is 29.8 Å². The van der Waals surface area contributed by atoms with Crippen molar-refractivity contribution >= 4 is 40.0 Å². The molecule has 1 saturated carbocycles. The van der Waals surface area contributed by atoms with Gasteiger partial charge >= 0.3 is 0 Å². The first kappa shape index (κ1) is 18.9. The smallest absolute Gasteiger partial charge is 0.283 e. The summed E-state index contributed by atoms with van der Waals surface area (Å²) in [6, 6.07) is 7.52. The van der Waals surface area contributed by atoms with E-state index in [4.69, 9.17) is 22.1 Å². The molecule has 10 heteroatoms. The lowest BCUT2D eigenvalue weighted by Gasteiger charge is -2.33. The number of aliphatic imine (C=N–C) groups is 1. The van der Waals surface area contributed by atoms with E-state index >= 15 is 0 Å². The lowest BCUT2D eigenvalue weighted by molar-refractivity contribution is 0.0197. The van der Waals surface area contributed by atoms with Gasteiger partial charge in [0.2, 0.25) is 0 Å². The predicted molar refractivity (Wildman–Crippen MR) is 107 cm³/mol. The minimum absolute atomic E-state index is 0.139. The molecule has 154 valence electrons. The van der Waals surface area contributed by atoms with E-state index in [0.717, 1.165) is 6.20 Å². The zero-order valence-corrected chi connectivity index (χ0v) is 16.1. The summed E-state index contributed by atoms with van der Waals surface area (Å²) in [5, 5.41) is 3.45. The molecule has 3 heterocycles. The number of nitrogens with two attached hydrogens (primary N) is 1. The first-order valence-electron chi connectivity index (χ1n) is 9.16. The number of aromatic nitrogens is 2. The summed E-state index contributed by atoms with van der Waals surface area (Å²) in [7, 11) is 0. The van der Waals surface area contributed by atoms with Crippen molar-refractivity contribution in [1.82, 2.24) is 9.97 Å². The molecule has 0 unspecified atom stereocenters. The van der Waals surface area contributed by atoms with Crippen molar-refractivity contribution in [2.45, 2.75) is 24.5 Å². The van der Waals surface area contributed by atoms with Gasteiger partial charge in [0.15, 0.2) is 17.2 Å². The number of pyridine rings is 2. The van der Waals surface area contributed by atoms with Crippen LogP contribution in [0.2, 0.25) is 5.02 Å². The lowest BCUT2D eigenvalue weighted by atomic mass is 9.84. The Balaban J connectivity index is 1.60. The number of alkyl halides is 2. The van der Waals surface area contributed by atoms with Crippen LogP contribution in [0.3, 0.4) is 0 Å². The Labute approximate surface area is 173 Å². The molecule has 2 aliphatic rings. The van der Waals surface area contributed by atoms with Crippen LogP contribution < -0.4 is 11.1 Å². The van der Waals surface area contributed by atoms with Gasteiger partial charge in [0.25, 0.3) is 12.4 Å². The summed E-state index contributed by atoms with van der Waals surface area (Å²) in [6.45, 7) is 0. The van der Waals surface area contributed by atoms with Crippen LogP contribution in [-0.4, -0.2) is 28.5 Å². The Morgan fingerprint density at radius 2 is 2.10 bits per heavy atom. The molecule has 0 saturated heterocycles. The molecule has 1 fully saturated rings. The second-order valence-electron chi connectivity index (χ2n) is 7.25. The Bertz CT molecular complexity index is 1190. The number of nitrogens with zero attached hydrogens (tertiary/aromatic N) is 3. The first-order valence-corrected chi connectivity index (χ1v) is 9.54. The third kappa shape index (κ3) is 2.84. The van der Waals surface area contributed by atoms with Gasteiger partial charge in [-0.05, 0) is 36.8 Å². The molecule has 6 nitrogen and oxygen atoms in total. The number of hydrogen-bond donors (Lipinski definition) is 2. The van der Waals surface area contributed by atoms with Crippen LogP contribution in [0.15, 0.2) is 47.7 Å². The van der Waals surface area contributed by atoms with Crippen molar-refractivity contribution in [3.63, 3.8) is 0 Å². The fraction of sp³-hybridized carbons (Fsp3) is 0.250. The topological polar surface area (TPSA) is 85.4 Å². The van der Waals surface area contributed by atoms with E-state index in [1.165, 1.54) is 18.3 Å². The summed E-state index contributed by atoms with van der Waals surface area (Å²) >= 11 is 6.32. The molecule has 30 heavy (non-hydrogen) atoms. The minimum atomic E-state index is -2.84. The van der Waals surface area contributed by atoms with Crippen molar-refractivity contribution in [3.05, 3.63) is 59.1 Å². The molecule has 3 atom stereocenters. The SMILES string of the molecule is NC1=N[C@](c2cc(Nc3ncc(F)c4cccnc34)ccc2Cl)(C(F)F)[C@@H]2C[C@@H]2O1. The normalized spacial score (nSPS) is 24.9. The van der Waals surface area contributed by atoms with Gasteiger partial charge in [-0.3, -0.25) is 4.98 Å². The molecule has 0 bridgehead atoms. The number of anilines is 2. The van der Waals surface area contributed by atoms with Crippen molar-refractivity contribution in [1.29, 1.82) is 0 Å². The molecular formula is C20H15ClF3N5O. The molecule has 0 amide bonds. The average Bonchev–Trinajstić information content (AvgIpc) is 3.50. The molecule has 5 rings (SSSR count). The molecule has 1 aliphatic carbocycles. The van der Waals surface area contributed by atoms with E-state index in [2.05, 4.69) is 20.3 Å². The Morgan fingerprint density at radius 3 is 2.90 bits per heavy atom. The van der Waals surface area contributed by atoms with Crippen molar-refractivity contribution in [2.24, 2.45) is 16.6 Å². The highest BCUT2D eigenvalue weighted by atomic mass is 35.5. The second kappa shape index (κ2) is 6.73. The molecule has 1 aromatic carbocycles. The molecule has 2 aromatic heterocycles. The van der Waals surface area contributed by atoms with E-state index in [1.807, 2.05) is 0 Å². The first-order chi connectivity index (χ1) is 14.4. The van der Waals surface area contributed by atoms with E-state index in [9.17, 15) is 13.2 Å². The third-order valence-electron chi connectivity index (χ3n) is 5.45. The van der Waals surface area contributed by atoms with Gasteiger partial charge in [-0.1, -0.05) is 11.6 Å². The van der Waals surface area contributed by atoms with Gasteiger partial charge in [0, 0.05) is 33.8 Å². The highest BCUT2D eigenvalue weighted by Crippen LogP contribution is 2.57. The van der Waals surface area contributed by atoms with Crippen LogP contribution in [0.5, 0.6) is 0 Å². The molecule has 3 N–H and O–H groups in total. The fourth-order valence-electron chi connectivity index (χ4n) is 3.98. The summed E-state index contributed by atoms with van der Waals surface area (Å²) in [4.78, 5) is 12.2. The largest absolute Gasteiger partial charge is 0.462 e. The number of halogens is 4. The van der Waals surface area contributed by atoms with Gasteiger partial charge in [-0.25, -0.2) is 23.1 Å². The summed E-state index contributed by atoms with van der Waals surface area (Å²) in [5.74, 6) is -0.751. The van der Waals surface area contributed by atoms with Crippen LogP contribution in [0, 0.1) is 11.7 Å². The van der Waals surface area contributed by atoms with Gasteiger partial charge in [-0.2, -0.15) is 0 Å². The van der Waals surface area contributed by atoms with Crippen LogP contribution >= 0.6 is 11.6 Å². The highest BCUT2D eigenvalue weighted by Gasteiger charge is 2.64. The molecule has 3 aromatic rings. The maximum absolute atomic E-state index is 14.3. The van der Waals surface area contributed by atoms with Gasteiger partial charge in [-0.15, -0.1) is 0 Å². The maximum atomic E-state index is 14.3. The fourth-order valence-corrected chi connectivity index (χ4v) is 4.25. The highest BCUT2D eigenvalue weighted by molar-refractivity contribution is 6.31. The number of nitrogens with one attached hydrogen (secondary N) is 1. The number of benzene rings is 1. The zero-order valence-electron chi connectivity index (χ0n) is 15.3. The second-order valence-corrected chi connectivity index (χ2v) is 7.66. The van der Waals surface area contributed by atoms with Gasteiger partial charge in [0.05, 0.1) is 6.20 Å². The van der Waals surface area contributed by atoms with Crippen LogP contribution in [0.25, 0.3) is 10.9 Å². The molecule has 0 radical (unpaired) electrons. The molecule has 1 aliphatic heterocycles. The van der Waals surface area contributed by atoms with Crippen LogP contribution in [-0.2, 0) is 10.3 Å². The number of amidine groups is 1. The van der Waals surface area contributed by atoms with Crippen LogP contribution in [0.1, 0.15) is 12.0 Å². The van der Waals surface area contributed by atoms with Crippen LogP contribution in [0.4, 0.5) is 24.7 Å². The predicted octanol–water partition coefficient (Wildman–Crippen LogP) is 4.36. The van der Waals surface area contributed by atoms with Crippen molar-refractivity contribution in [2.75, 3.05) is 5.32 Å². The Morgan fingerprint density at radius 1 is 1.27 bits per heavy atom. The third-order valence-corrected chi connectivity index (χ3v) is 5.78. The Kier molecular flexibility index (Phi) is 4.25. The van der Waals surface area contributed by atoms with Gasteiger partial charge in [0.1, 0.15) is 11.6 Å². The minimum Gasteiger partial charge on any atom is -0.462 e. The number of fused-ring (bicyclic) bond motifs is 2. The lowest BCUT2D eigenvalue weighted by Crippen LogP contribution is -2.43. The summed E-state index contributed by atoms with van der Waals surface area (Å²) < 4.78 is 48.0. The number of hydrogen-bond acceptors (Lipinski definition) is 6. The quantitative estimate of drug-likeness (QED) is 0.638. The van der Waals surface area contributed by atoms with Crippen molar-refractivity contribution in [3.8, 4) is 0 Å². The Hall–Kier alpha value is -3.07. The van der Waals surface area contributed by atoms with E-state index in [0.29, 0.717) is 17.6 Å². The standard InChI is InChI=1S/C20H15ClF3N5O/c21-13-4-3-9(28-17-16-10(2-1-5-26-16)14(22)8-27-17)6-11(13)20(18(23)24)12-7-15(12)30-19(25)29-20/h1-6,8,12,15,18H,7H2,(H2,25,29)(H,27,28)/t12-,15+,20+/m1/s1. The summed E-state index contributed by atoms with van der Waals surface area (Å²) in [6.07, 6.45) is -0.246. The molecular weight excluding hydrogens is 419 g/mol. The van der Waals surface area contributed by atoms with Crippen molar-refractivity contribution < 1.29 is 17.9 Å². The maximum Gasteiger partial charge on any atom is 0.283 e.